The minimum absolute atomic E-state index is 0.135. The van der Waals surface area contributed by atoms with Crippen LogP contribution in [-0.2, 0) is 32.6 Å². The molecule has 0 saturated carbocycles. The van der Waals surface area contributed by atoms with Gasteiger partial charge < -0.3 is 15.0 Å². The molecule has 1 atom stereocenters. The van der Waals surface area contributed by atoms with Gasteiger partial charge in [0.25, 0.3) is 0 Å². The molecular formula is C32H41N3O5S. The molecule has 0 fully saturated rings. The van der Waals surface area contributed by atoms with Crippen molar-refractivity contribution in [2.24, 2.45) is 5.92 Å². The molecule has 8 nitrogen and oxygen atoms in total. The zero-order chi connectivity index (χ0) is 30.0. The number of benzene rings is 3. The molecular weight excluding hydrogens is 538 g/mol. The molecule has 0 saturated heterocycles. The Morgan fingerprint density at radius 3 is 2.15 bits per heavy atom. The molecule has 2 amide bonds. The quantitative estimate of drug-likeness (QED) is 0.302. The van der Waals surface area contributed by atoms with Crippen LogP contribution in [-0.4, -0.2) is 57.1 Å². The van der Waals surface area contributed by atoms with Crippen molar-refractivity contribution < 1.29 is 22.7 Å². The van der Waals surface area contributed by atoms with Crippen LogP contribution < -0.4 is 14.4 Å². The van der Waals surface area contributed by atoms with E-state index in [1.54, 1.807) is 31.2 Å². The van der Waals surface area contributed by atoms with Crippen LogP contribution in [0.4, 0.5) is 5.69 Å². The predicted octanol–water partition coefficient (Wildman–Crippen LogP) is 4.57. The van der Waals surface area contributed by atoms with Gasteiger partial charge in [-0.15, -0.1) is 0 Å². The van der Waals surface area contributed by atoms with Crippen molar-refractivity contribution in [3.05, 3.63) is 95.6 Å². The summed E-state index contributed by atoms with van der Waals surface area (Å²) in [4.78, 5) is 29.4. The Balaban J connectivity index is 2.06. The Morgan fingerprint density at radius 1 is 0.902 bits per heavy atom. The molecule has 0 radical (unpaired) electrons. The predicted molar refractivity (Wildman–Crippen MR) is 163 cm³/mol. The highest BCUT2D eigenvalue weighted by Crippen LogP contribution is 2.30. The summed E-state index contributed by atoms with van der Waals surface area (Å²) in [7, 11) is -3.89. The van der Waals surface area contributed by atoms with Crippen molar-refractivity contribution in [2.75, 3.05) is 30.3 Å². The number of amides is 2. The standard InChI is InChI=1S/C32H41N3O5S/c1-6-40-30-15-11-10-14-28(30)35(41(5,38)39)23-31(36)34(22-27-18-16-25(4)17-19-27)29(32(37)33-21-24(2)3)20-26-12-8-7-9-13-26/h7-19,24,29H,6,20-23H2,1-5H3,(H,33,37)/t29-/m1/s1. The number of nitrogens with zero attached hydrogens (tertiary/aromatic N) is 2. The first-order valence-corrected chi connectivity index (χ1v) is 15.7. The SMILES string of the molecule is CCOc1ccccc1N(CC(=O)N(Cc1ccc(C)cc1)[C@H](Cc1ccccc1)C(=O)NCC(C)C)S(C)(=O)=O. The van der Waals surface area contributed by atoms with Crippen LogP contribution in [0.15, 0.2) is 78.9 Å². The number of carbonyl (C=O) groups excluding carboxylic acids is 2. The third-order valence-corrected chi connectivity index (χ3v) is 7.67. The summed E-state index contributed by atoms with van der Waals surface area (Å²) >= 11 is 0. The van der Waals surface area contributed by atoms with Crippen LogP contribution in [0.5, 0.6) is 5.75 Å². The lowest BCUT2D eigenvalue weighted by molar-refractivity contribution is -0.140. The molecule has 3 aromatic carbocycles. The summed E-state index contributed by atoms with van der Waals surface area (Å²) in [5.41, 5.74) is 3.06. The van der Waals surface area contributed by atoms with Gasteiger partial charge in [0.2, 0.25) is 21.8 Å². The van der Waals surface area contributed by atoms with Crippen LogP contribution in [0.3, 0.4) is 0 Å². The van der Waals surface area contributed by atoms with Gasteiger partial charge in [-0.3, -0.25) is 13.9 Å². The Hall–Kier alpha value is -3.85. The van der Waals surface area contributed by atoms with E-state index in [0.29, 0.717) is 18.9 Å². The van der Waals surface area contributed by atoms with Gasteiger partial charge in [-0.1, -0.05) is 86.1 Å². The first-order chi connectivity index (χ1) is 19.5. The average Bonchev–Trinajstić information content (AvgIpc) is 2.93. The maximum atomic E-state index is 14.2. The fourth-order valence-corrected chi connectivity index (χ4v) is 5.26. The second-order valence-corrected chi connectivity index (χ2v) is 12.4. The number of anilines is 1. The fourth-order valence-electron chi connectivity index (χ4n) is 4.40. The van der Waals surface area contributed by atoms with Gasteiger partial charge in [0.05, 0.1) is 18.6 Å². The Labute approximate surface area is 244 Å². The van der Waals surface area contributed by atoms with E-state index in [1.165, 1.54) is 4.90 Å². The third kappa shape index (κ3) is 9.35. The van der Waals surface area contributed by atoms with Crippen molar-refractivity contribution >= 4 is 27.5 Å². The zero-order valence-electron chi connectivity index (χ0n) is 24.5. The molecule has 0 aromatic heterocycles. The summed E-state index contributed by atoms with van der Waals surface area (Å²) in [6.45, 7) is 8.21. The van der Waals surface area contributed by atoms with Gasteiger partial charge in [0, 0.05) is 19.5 Å². The minimum atomic E-state index is -3.89. The molecule has 41 heavy (non-hydrogen) atoms. The summed E-state index contributed by atoms with van der Waals surface area (Å²) in [6.07, 6.45) is 1.33. The molecule has 0 aliphatic heterocycles. The van der Waals surface area contributed by atoms with Crippen LogP contribution in [0.25, 0.3) is 0 Å². The summed E-state index contributed by atoms with van der Waals surface area (Å²) in [5.74, 6) is -0.214. The maximum Gasteiger partial charge on any atom is 0.244 e. The Morgan fingerprint density at radius 2 is 1.54 bits per heavy atom. The lowest BCUT2D eigenvalue weighted by Crippen LogP contribution is -2.53. The minimum Gasteiger partial charge on any atom is -0.492 e. The van der Waals surface area contributed by atoms with E-state index in [0.717, 1.165) is 27.3 Å². The van der Waals surface area contributed by atoms with Gasteiger partial charge >= 0.3 is 0 Å². The molecule has 1 N–H and O–H groups in total. The van der Waals surface area contributed by atoms with Crippen LogP contribution >= 0.6 is 0 Å². The number of carbonyl (C=O) groups is 2. The molecule has 0 unspecified atom stereocenters. The molecule has 220 valence electrons. The van der Waals surface area contributed by atoms with Crippen molar-refractivity contribution in [3.8, 4) is 5.75 Å². The van der Waals surface area contributed by atoms with E-state index in [-0.39, 0.29) is 30.5 Å². The molecule has 3 aromatic rings. The van der Waals surface area contributed by atoms with Crippen LogP contribution in [0.2, 0.25) is 0 Å². The monoisotopic (exact) mass is 579 g/mol. The smallest absolute Gasteiger partial charge is 0.244 e. The van der Waals surface area contributed by atoms with E-state index in [4.69, 9.17) is 4.74 Å². The lowest BCUT2D eigenvalue weighted by Gasteiger charge is -2.34. The molecule has 0 bridgehead atoms. The van der Waals surface area contributed by atoms with Crippen molar-refractivity contribution in [1.82, 2.24) is 10.2 Å². The van der Waals surface area contributed by atoms with Crippen molar-refractivity contribution in [3.63, 3.8) is 0 Å². The maximum absolute atomic E-state index is 14.2. The number of aryl methyl sites for hydroxylation is 1. The van der Waals surface area contributed by atoms with Gasteiger partial charge in [-0.25, -0.2) is 8.42 Å². The van der Waals surface area contributed by atoms with E-state index in [2.05, 4.69) is 5.32 Å². The number of hydrogen-bond donors (Lipinski definition) is 1. The molecule has 0 aliphatic carbocycles. The summed E-state index contributed by atoms with van der Waals surface area (Å²) in [6, 6.07) is 23.1. The molecule has 3 rings (SSSR count). The van der Waals surface area contributed by atoms with Gasteiger partial charge in [0.1, 0.15) is 18.3 Å². The largest absolute Gasteiger partial charge is 0.492 e. The second kappa shape index (κ2) is 14.7. The zero-order valence-corrected chi connectivity index (χ0v) is 25.4. The third-order valence-electron chi connectivity index (χ3n) is 6.54. The highest BCUT2D eigenvalue weighted by Gasteiger charge is 2.33. The number of sulfonamides is 1. The first kappa shape index (κ1) is 31.7. The fraction of sp³-hybridized carbons (Fsp3) is 0.375. The van der Waals surface area contributed by atoms with E-state index in [9.17, 15) is 18.0 Å². The van der Waals surface area contributed by atoms with Crippen molar-refractivity contribution in [1.29, 1.82) is 0 Å². The van der Waals surface area contributed by atoms with E-state index < -0.39 is 28.5 Å². The van der Waals surface area contributed by atoms with Crippen LogP contribution in [0.1, 0.15) is 37.5 Å². The van der Waals surface area contributed by atoms with Crippen LogP contribution in [0, 0.1) is 12.8 Å². The summed E-state index contributed by atoms with van der Waals surface area (Å²) < 4.78 is 32.8. The molecule has 0 heterocycles. The molecule has 0 aliphatic rings. The van der Waals surface area contributed by atoms with E-state index >= 15 is 0 Å². The molecule has 0 spiro atoms. The number of para-hydroxylation sites is 2. The average molecular weight is 580 g/mol. The highest BCUT2D eigenvalue weighted by atomic mass is 32.2. The Bertz CT molecular complexity index is 1390. The summed E-state index contributed by atoms with van der Waals surface area (Å²) in [5, 5.41) is 2.99. The van der Waals surface area contributed by atoms with E-state index in [1.807, 2.05) is 75.4 Å². The van der Waals surface area contributed by atoms with Gasteiger partial charge in [0.15, 0.2) is 0 Å². The number of ether oxygens (including phenoxy) is 1. The highest BCUT2D eigenvalue weighted by molar-refractivity contribution is 7.92. The van der Waals surface area contributed by atoms with Crippen molar-refractivity contribution in [2.45, 2.75) is 46.7 Å². The molecule has 9 heteroatoms. The number of rotatable bonds is 14. The lowest BCUT2D eigenvalue weighted by atomic mass is 10.0. The topological polar surface area (TPSA) is 96.0 Å². The second-order valence-electron chi connectivity index (χ2n) is 10.5. The van der Waals surface area contributed by atoms with Gasteiger partial charge in [-0.2, -0.15) is 0 Å². The van der Waals surface area contributed by atoms with Gasteiger partial charge in [-0.05, 0) is 43.0 Å². The first-order valence-electron chi connectivity index (χ1n) is 13.9. The Kier molecular flexibility index (Phi) is 11.3. The number of hydrogen-bond acceptors (Lipinski definition) is 5. The number of nitrogens with one attached hydrogen (secondary N) is 1. The normalized spacial score (nSPS) is 12.0.